The zero-order valence-electron chi connectivity index (χ0n) is 16.2. The molecular formula is C22H31N3O. The lowest BCUT2D eigenvalue weighted by Crippen LogP contribution is -2.54. The molecule has 26 heavy (non-hydrogen) atoms. The molecule has 1 aromatic rings. The van der Waals surface area contributed by atoms with E-state index in [9.17, 15) is 4.79 Å². The number of rotatable bonds is 3. The van der Waals surface area contributed by atoms with Crippen LogP contribution in [0.5, 0.6) is 0 Å². The summed E-state index contributed by atoms with van der Waals surface area (Å²) in [4.78, 5) is 22.4. The van der Waals surface area contributed by atoms with E-state index in [0.29, 0.717) is 16.7 Å². The van der Waals surface area contributed by atoms with Crippen LogP contribution in [0.4, 0.5) is 0 Å². The van der Waals surface area contributed by atoms with Crippen LogP contribution in [0.15, 0.2) is 24.5 Å². The fourth-order valence-corrected chi connectivity index (χ4v) is 7.39. The zero-order valence-corrected chi connectivity index (χ0v) is 16.2. The van der Waals surface area contributed by atoms with Gasteiger partial charge in [-0.15, -0.1) is 0 Å². The molecular weight excluding hydrogens is 322 g/mol. The Morgan fingerprint density at radius 3 is 2.62 bits per heavy atom. The van der Waals surface area contributed by atoms with E-state index in [2.05, 4.69) is 34.7 Å². The molecule has 1 aliphatic heterocycles. The molecule has 6 rings (SSSR count). The van der Waals surface area contributed by atoms with Gasteiger partial charge in [-0.3, -0.25) is 14.7 Å². The lowest BCUT2D eigenvalue weighted by atomic mass is 9.60. The third kappa shape index (κ3) is 2.52. The second kappa shape index (κ2) is 5.54. The third-order valence-electron chi connectivity index (χ3n) is 7.94. The molecule has 1 amide bonds. The van der Waals surface area contributed by atoms with Crippen molar-refractivity contribution in [1.82, 2.24) is 14.8 Å². The molecule has 4 aliphatic carbocycles. The molecule has 0 spiro atoms. The predicted octanol–water partition coefficient (Wildman–Crippen LogP) is 3.33. The molecule has 1 aromatic heterocycles. The van der Waals surface area contributed by atoms with Crippen molar-refractivity contribution in [3.8, 4) is 0 Å². The highest BCUT2D eigenvalue weighted by molar-refractivity contribution is 5.84. The molecule has 1 saturated heterocycles. The van der Waals surface area contributed by atoms with Crippen LogP contribution in [0.2, 0.25) is 0 Å². The molecule has 4 nitrogen and oxygen atoms in total. The first-order valence-electron chi connectivity index (χ1n) is 10.3. The van der Waals surface area contributed by atoms with E-state index in [1.165, 1.54) is 18.4 Å². The van der Waals surface area contributed by atoms with Gasteiger partial charge in [-0.25, -0.2) is 0 Å². The van der Waals surface area contributed by atoms with Crippen molar-refractivity contribution in [3.05, 3.63) is 30.1 Å². The summed E-state index contributed by atoms with van der Waals surface area (Å²) in [6.07, 6.45) is 9.93. The average Bonchev–Trinajstić information content (AvgIpc) is 2.93. The molecule has 0 N–H and O–H groups in total. The second-order valence-electron chi connectivity index (χ2n) is 10.3. The summed E-state index contributed by atoms with van der Waals surface area (Å²) < 4.78 is 0. The number of piperazine rings is 1. The Morgan fingerprint density at radius 2 is 1.96 bits per heavy atom. The Hall–Kier alpha value is -1.42. The maximum Gasteiger partial charge on any atom is 0.228 e. The lowest BCUT2D eigenvalue weighted by molar-refractivity contribution is -0.149. The Labute approximate surface area is 157 Å². The Kier molecular flexibility index (Phi) is 3.57. The minimum absolute atomic E-state index is 0.0316. The Bertz CT molecular complexity index is 709. The van der Waals surface area contributed by atoms with Crippen LogP contribution >= 0.6 is 0 Å². The molecule has 4 unspecified atom stereocenters. The summed E-state index contributed by atoms with van der Waals surface area (Å²) in [7, 11) is 0. The van der Waals surface area contributed by atoms with Gasteiger partial charge < -0.3 is 4.90 Å². The third-order valence-corrected chi connectivity index (χ3v) is 7.94. The van der Waals surface area contributed by atoms with Gasteiger partial charge in [-0.2, -0.15) is 0 Å². The lowest BCUT2D eigenvalue weighted by Gasteiger charge is -2.47. The van der Waals surface area contributed by atoms with Gasteiger partial charge in [0.1, 0.15) is 0 Å². The number of amides is 1. The molecule has 5 aliphatic rings. The average molecular weight is 354 g/mol. The van der Waals surface area contributed by atoms with Crippen molar-refractivity contribution in [2.45, 2.75) is 52.5 Å². The highest BCUT2D eigenvalue weighted by Gasteiger charge is 2.68. The van der Waals surface area contributed by atoms with E-state index >= 15 is 0 Å². The van der Waals surface area contributed by atoms with Crippen LogP contribution < -0.4 is 0 Å². The fraction of sp³-hybridized carbons (Fsp3) is 0.727. The predicted molar refractivity (Wildman–Crippen MR) is 101 cm³/mol. The molecule has 4 saturated carbocycles. The fourth-order valence-electron chi connectivity index (χ4n) is 7.39. The van der Waals surface area contributed by atoms with Gasteiger partial charge in [-0.05, 0) is 60.5 Å². The van der Waals surface area contributed by atoms with Crippen molar-refractivity contribution >= 4 is 5.91 Å². The topological polar surface area (TPSA) is 36.4 Å². The number of aromatic nitrogens is 1. The number of carbonyl (C=O) groups is 1. The van der Waals surface area contributed by atoms with E-state index in [1.54, 1.807) is 0 Å². The SMILES string of the molecule is CC12CC3CC(C(=O)N4CCN(Cc5cccnc5)CC4)(C1)CC3(C)C2. The monoisotopic (exact) mass is 353 g/mol. The summed E-state index contributed by atoms with van der Waals surface area (Å²) >= 11 is 0. The quantitative estimate of drug-likeness (QED) is 0.836. The highest BCUT2D eigenvalue weighted by Crippen LogP contribution is 2.74. The normalized spacial score (nSPS) is 41.8. The van der Waals surface area contributed by atoms with Crippen LogP contribution in [0.1, 0.15) is 51.5 Å². The van der Waals surface area contributed by atoms with Gasteiger partial charge in [0.2, 0.25) is 5.91 Å². The Morgan fingerprint density at radius 1 is 1.15 bits per heavy atom. The molecule has 4 heteroatoms. The molecule has 4 atom stereocenters. The van der Waals surface area contributed by atoms with Crippen molar-refractivity contribution in [2.75, 3.05) is 26.2 Å². The van der Waals surface area contributed by atoms with Gasteiger partial charge in [0.25, 0.3) is 0 Å². The van der Waals surface area contributed by atoms with Gasteiger partial charge in [0.05, 0.1) is 5.41 Å². The van der Waals surface area contributed by atoms with Crippen LogP contribution in [0.25, 0.3) is 0 Å². The van der Waals surface area contributed by atoms with Crippen LogP contribution in [0, 0.1) is 22.2 Å². The first kappa shape index (κ1) is 16.7. The number of carbonyl (C=O) groups excluding carboxylic acids is 1. The number of nitrogens with zero attached hydrogens (tertiary/aromatic N) is 3. The van der Waals surface area contributed by atoms with Crippen molar-refractivity contribution in [2.24, 2.45) is 22.2 Å². The van der Waals surface area contributed by atoms with Crippen molar-refractivity contribution in [3.63, 3.8) is 0 Å². The minimum atomic E-state index is -0.0316. The first-order valence-corrected chi connectivity index (χ1v) is 10.3. The Balaban J connectivity index is 1.24. The van der Waals surface area contributed by atoms with Crippen molar-refractivity contribution < 1.29 is 4.79 Å². The number of hydrogen-bond acceptors (Lipinski definition) is 3. The van der Waals surface area contributed by atoms with E-state index in [0.717, 1.165) is 57.9 Å². The summed E-state index contributed by atoms with van der Waals surface area (Å²) in [5.74, 6) is 1.27. The van der Waals surface area contributed by atoms with E-state index in [-0.39, 0.29) is 5.41 Å². The summed E-state index contributed by atoms with van der Waals surface area (Å²) in [5, 5.41) is 0. The molecule has 5 fully saturated rings. The summed E-state index contributed by atoms with van der Waals surface area (Å²) in [6, 6.07) is 4.14. The minimum Gasteiger partial charge on any atom is -0.340 e. The first-order chi connectivity index (χ1) is 12.4. The van der Waals surface area contributed by atoms with Gasteiger partial charge in [0, 0.05) is 45.1 Å². The van der Waals surface area contributed by atoms with Gasteiger partial charge >= 0.3 is 0 Å². The van der Waals surface area contributed by atoms with Gasteiger partial charge in [-0.1, -0.05) is 19.9 Å². The summed E-state index contributed by atoms with van der Waals surface area (Å²) in [6.45, 7) is 9.58. The number of pyridine rings is 1. The molecule has 2 heterocycles. The second-order valence-corrected chi connectivity index (χ2v) is 10.3. The molecule has 140 valence electrons. The zero-order chi connectivity index (χ0) is 18.0. The molecule has 0 aromatic carbocycles. The largest absolute Gasteiger partial charge is 0.340 e. The number of hydrogen-bond donors (Lipinski definition) is 0. The van der Waals surface area contributed by atoms with E-state index < -0.39 is 0 Å². The van der Waals surface area contributed by atoms with E-state index in [1.807, 2.05) is 18.5 Å². The van der Waals surface area contributed by atoms with Gasteiger partial charge in [0.15, 0.2) is 0 Å². The van der Waals surface area contributed by atoms with Crippen LogP contribution in [-0.2, 0) is 11.3 Å². The van der Waals surface area contributed by atoms with Crippen molar-refractivity contribution in [1.29, 1.82) is 0 Å². The standard InChI is InChI=1S/C22H31N3O/c1-20-10-18-11-22(15-20,16-21(18,2)14-20)19(26)25-8-6-24(7-9-25)13-17-4-3-5-23-12-17/h3-5,12,18H,6-11,13-16H2,1-2H3. The van der Waals surface area contributed by atoms with Crippen LogP contribution in [-0.4, -0.2) is 46.9 Å². The highest BCUT2D eigenvalue weighted by atomic mass is 16.2. The maximum absolute atomic E-state index is 13.5. The molecule has 4 bridgehead atoms. The summed E-state index contributed by atoms with van der Waals surface area (Å²) in [5.41, 5.74) is 2.09. The van der Waals surface area contributed by atoms with Crippen LogP contribution in [0.3, 0.4) is 0 Å². The molecule has 0 radical (unpaired) electrons. The van der Waals surface area contributed by atoms with E-state index in [4.69, 9.17) is 0 Å². The maximum atomic E-state index is 13.5. The smallest absolute Gasteiger partial charge is 0.228 e.